The summed E-state index contributed by atoms with van der Waals surface area (Å²) in [5.74, 6) is -0.344. The smallest absolute Gasteiger partial charge is 0.254 e. The quantitative estimate of drug-likeness (QED) is 0.677. The molecule has 0 fully saturated rings. The van der Waals surface area contributed by atoms with Crippen LogP contribution in [0.15, 0.2) is 30.0 Å². The summed E-state index contributed by atoms with van der Waals surface area (Å²) >= 11 is 0. The molecule has 5 heteroatoms. The van der Waals surface area contributed by atoms with Gasteiger partial charge in [-0.25, -0.2) is 0 Å². The van der Waals surface area contributed by atoms with Crippen LogP contribution in [0.5, 0.6) is 0 Å². The molecule has 1 N–H and O–H groups in total. The lowest BCUT2D eigenvalue weighted by atomic mass is 10.0. The molecule has 1 heterocycles. The largest absolute Gasteiger partial charge is 0.495 e. The molecule has 0 spiro atoms. The van der Waals surface area contributed by atoms with Crippen LogP contribution >= 0.6 is 0 Å². The summed E-state index contributed by atoms with van der Waals surface area (Å²) in [7, 11) is -0.600. The van der Waals surface area contributed by atoms with Crippen LogP contribution in [0.3, 0.4) is 0 Å². The van der Waals surface area contributed by atoms with E-state index in [0.29, 0.717) is 11.1 Å². The lowest BCUT2D eigenvalue weighted by Crippen LogP contribution is -2.50. The van der Waals surface area contributed by atoms with E-state index in [1.165, 1.54) is 7.11 Å². The van der Waals surface area contributed by atoms with Gasteiger partial charge in [-0.15, -0.1) is 0 Å². The van der Waals surface area contributed by atoms with Crippen LogP contribution in [0, 0.1) is 6.58 Å². The van der Waals surface area contributed by atoms with Gasteiger partial charge in [-0.1, -0.05) is 18.2 Å². The van der Waals surface area contributed by atoms with Gasteiger partial charge >= 0.3 is 0 Å². The molecule has 1 aliphatic heterocycles. The number of carbonyl (C=O) groups excluding carboxylic acids is 1. The molecule has 1 aromatic rings. The zero-order valence-electron chi connectivity index (χ0n) is 11.5. The fraction of sp³-hybridized carbons (Fsp3) is 0.357. The van der Waals surface area contributed by atoms with Crippen molar-refractivity contribution >= 4 is 14.2 Å². The van der Waals surface area contributed by atoms with Gasteiger partial charge in [0.15, 0.2) is 14.1 Å². The summed E-state index contributed by atoms with van der Waals surface area (Å²) in [6.45, 7) is 14.1. The van der Waals surface area contributed by atoms with Crippen LogP contribution in [0.4, 0.5) is 0 Å². The van der Waals surface area contributed by atoms with Gasteiger partial charge in [0.25, 0.3) is 5.91 Å². The molecule has 0 aromatic heterocycles. The van der Waals surface area contributed by atoms with Gasteiger partial charge in [0.05, 0.1) is 7.11 Å². The van der Waals surface area contributed by atoms with E-state index in [9.17, 15) is 4.79 Å². The molecule has 1 aromatic carbocycles. The van der Waals surface area contributed by atoms with Gasteiger partial charge in [-0.3, -0.25) is 4.79 Å². The van der Waals surface area contributed by atoms with E-state index in [2.05, 4.69) is 5.32 Å². The second-order valence-corrected chi connectivity index (χ2v) is 9.86. The fourth-order valence-electron chi connectivity index (χ4n) is 2.19. The Morgan fingerprint density at radius 2 is 1.95 bits per heavy atom. The third-order valence-electron chi connectivity index (χ3n) is 2.82. The first kappa shape index (κ1) is 13.8. The summed E-state index contributed by atoms with van der Waals surface area (Å²) in [5, 5.41) is 2.76. The number of carbonyl (C=O) groups is 1. The second-order valence-electron chi connectivity index (χ2n) is 5.43. The number of rotatable bonds is 4. The van der Waals surface area contributed by atoms with Crippen LogP contribution in [-0.4, -0.2) is 21.3 Å². The number of benzene rings is 1. The van der Waals surface area contributed by atoms with Crippen molar-refractivity contribution in [3.05, 3.63) is 47.7 Å². The average molecular weight is 275 g/mol. The van der Waals surface area contributed by atoms with Gasteiger partial charge in [-0.05, 0) is 25.7 Å². The van der Waals surface area contributed by atoms with Gasteiger partial charge in [0, 0.05) is 17.7 Å². The van der Waals surface area contributed by atoms with Gasteiger partial charge in [0.1, 0.15) is 0 Å². The Balaban J connectivity index is 2.59. The summed E-state index contributed by atoms with van der Waals surface area (Å²) in [5.41, 5.74) is -0.107. The van der Waals surface area contributed by atoms with E-state index in [0.717, 1.165) is 0 Å². The highest BCUT2D eigenvalue weighted by atomic mass is 28.4. The molecule has 4 nitrogen and oxygen atoms in total. The first-order chi connectivity index (χ1) is 8.80. The molecule has 1 atom stereocenters. The van der Waals surface area contributed by atoms with E-state index in [1.54, 1.807) is 18.2 Å². The highest BCUT2D eigenvalue weighted by Crippen LogP contribution is 2.39. The molecular weight excluding hydrogens is 258 g/mol. The summed E-state index contributed by atoms with van der Waals surface area (Å²) < 4.78 is 11.1. The molecule has 1 unspecified atom stereocenters. The highest BCUT2D eigenvalue weighted by molar-refractivity contribution is 6.69. The van der Waals surface area contributed by atoms with E-state index < -0.39 is 14.0 Å². The number of hydrogen-bond donors (Lipinski definition) is 1. The van der Waals surface area contributed by atoms with Crippen molar-refractivity contribution in [3.8, 4) is 0 Å². The summed E-state index contributed by atoms with van der Waals surface area (Å²) in [6.07, 6.45) is 0. The minimum atomic E-state index is -2.01. The molecule has 0 bridgehead atoms. The maximum absolute atomic E-state index is 12.1. The number of nitrogens with one attached hydrogen (secondary N) is 1. The average Bonchev–Trinajstić information content (AvgIpc) is 2.61. The topological polar surface area (TPSA) is 47.6 Å². The van der Waals surface area contributed by atoms with E-state index >= 15 is 0 Å². The Morgan fingerprint density at radius 1 is 1.32 bits per heavy atom. The third kappa shape index (κ3) is 2.31. The number of ether oxygens (including phenoxy) is 1. The van der Waals surface area contributed by atoms with E-state index in [-0.39, 0.29) is 11.7 Å². The SMILES string of the molecule is [C]=C(OC)C1(O[Si](C)(C)C)NC(=O)c2ccccc21. The highest BCUT2D eigenvalue weighted by Gasteiger charge is 2.49. The number of fused-ring (bicyclic) bond motifs is 1. The molecule has 1 aliphatic rings. The molecule has 0 saturated heterocycles. The molecule has 100 valence electrons. The van der Waals surface area contributed by atoms with Gasteiger partial charge in [0.2, 0.25) is 5.72 Å². The monoisotopic (exact) mass is 275 g/mol. The fourth-order valence-corrected chi connectivity index (χ4v) is 3.36. The summed E-state index contributed by atoms with van der Waals surface area (Å²) in [4.78, 5) is 12.1. The summed E-state index contributed by atoms with van der Waals surface area (Å²) in [6, 6.07) is 7.13. The zero-order chi connectivity index (χ0) is 14.3. The first-order valence-corrected chi connectivity index (χ1v) is 9.46. The number of hydrogen-bond acceptors (Lipinski definition) is 3. The Bertz CT molecular complexity index is 536. The Morgan fingerprint density at radius 3 is 2.53 bits per heavy atom. The maximum atomic E-state index is 12.1. The minimum Gasteiger partial charge on any atom is -0.495 e. The van der Waals surface area contributed by atoms with Crippen LogP contribution in [0.2, 0.25) is 19.6 Å². The normalized spacial score (nSPS) is 21.8. The molecule has 0 aliphatic carbocycles. The molecule has 1 amide bonds. The van der Waals surface area contributed by atoms with Crippen molar-refractivity contribution in [1.29, 1.82) is 0 Å². The van der Waals surface area contributed by atoms with Crippen molar-refractivity contribution < 1.29 is 14.0 Å². The number of methoxy groups -OCH3 is 1. The van der Waals surface area contributed by atoms with Crippen molar-refractivity contribution in [2.45, 2.75) is 25.4 Å². The van der Waals surface area contributed by atoms with Gasteiger partial charge < -0.3 is 14.5 Å². The molecule has 2 rings (SSSR count). The zero-order valence-corrected chi connectivity index (χ0v) is 12.5. The minimum absolute atomic E-state index is 0.103. The Hall–Kier alpha value is -1.59. The Labute approximate surface area is 114 Å². The first-order valence-electron chi connectivity index (χ1n) is 6.05. The van der Waals surface area contributed by atoms with Crippen molar-refractivity contribution in [1.82, 2.24) is 5.32 Å². The van der Waals surface area contributed by atoms with Gasteiger partial charge in [-0.2, -0.15) is 0 Å². The maximum Gasteiger partial charge on any atom is 0.254 e. The van der Waals surface area contributed by atoms with Crippen LogP contribution in [0.25, 0.3) is 0 Å². The number of amides is 1. The van der Waals surface area contributed by atoms with E-state index in [4.69, 9.17) is 15.7 Å². The van der Waals surface area contributed by atoms with E-state index in [1.807, 2.05) is 25.7 Å². The molecule has 19 heavy (non-hydrogen) atoms. The Kier molecular flexibility index (Phi) is 3.28. The van der Waals surface area contributed by atoms with Crippen LogP contribution < -0.4 is 5.32 Å². The molecule has 2 radical (unpaired) electrons. The van der Waals surface area contributed by atoms with Crippen LogP contribution in [0.1, 0.15) is 15.9 Å². The third-order valence-corrected chi connectivity index (χ3v) is 3.74. The predicted octanol–water partition coefficient (Wildman–Crippen LogP) is 2.27. The van der Waals surface area contributed by atoms with Crippen molar-refractivity contribution in [2.75, 3.05) is 7.11 Å². The lowest BCUT2D eigenvalue weighted by Gasteiger charge is -2.36. The molecule has 0 saturated carbocycles. The van der Waals surface area contributed by atoms with Crippen molar-refractivity contribution in [2.24, 2.45) is 0 Å². The van der Waals surface area contributed by atoms with Crippen molar-refractivity contribution in [3.63, 3.8) is 0 Å². The predicted molar refractivity (Wildman–Crippen MR) is 73.8 cm³/mol. The standard InChI is InChI=1S/C14H17NO3Si/c1-10(17-2)14(18-19(3,4)5)12-9-7-6-8-11(12)13(16)15-14/h6-9H,2-5H3,(H,15,16). The molecular formula is C14H17NO3Si. The second kappa shape index (κ2) is 4.50. The van der Waals surface area contributed by atoms with Crippen LogP contribution in [-0.2, 0) is 14.9 Å². The lowest BCUT2D eigenvalue weighted by molar-refractivity contribution is 0.0161.